The average molecular weight is 247 g/mol. The number of nitrogens with zero attached hydrogens (tertiary/aromatic N) is 2. The second-order valence-electron chi connectivity index (χ2n) is 5.08. The minimum Gasteiger partial charge on any atom is -0.469 e. The number of imidazole rings is 1. The molecule has 4 nitrogen and oxygen atoms in total. The molecule has 1 unspecified atom stereocenters. The summed E-state index contributed by atoms with van der Waals surface area (Å²) in [5.74, 6) is 1.58. The van der Waals surface area contributed by atoms with Gasteiger partial charge in [0.25, 0.3) is 0 Å². The van der Waals surface area contributed by atoms with Crippen molar-refractivity contribution in [2.24, 2.45) is 11.7 Å². The van der Waals surface area contributed by atoms with Gasteiger partial charge in [0.05, 0.1) is 18.3 Å². The number of furan rings is 1. The van der Waals surface area contributed by atoms with Gasteiger partial charge < -0.3 is 14.7 Å². The Kier molecular flexibility index (Phi) is 4.20. The maximum absolute atomic E-state index is 6.21. The van der Waals surface area contributed by atoms with Gasteiger partial charge in [-0.05, 0) is 24.5 Å². The van der Waals surface area contributed by atoms with Crippen molar-refractivity contribution < 1.29 is 4.42 Å². The van der Waals surface area contributed by atoms with Crippen LogP contribution in [0.5, 0.6) is 0 Å². The Hall–Kier alpha value is -1.55. The zero-order valence-electron chi connectivity index (χ0n) is 11.0. The topological polar surface area (TPSA) is 57.0 Å². The van der Waals surface area contributed by atoms with E-state index in [1.54, 1.807) is 6.26 Å². The molecule has 2 N–H and O–H groups in total. The number of hydrogen-bond donors (Lipinski definition) is 1. The third-order valence-corrected chi connectivity index (χ3v) is 3.03. The van der Waals surface area contributed by atoms with Gasteiger partial charge in [-0.15, -0.1) is 0 Å². The molecule has 0 spiro atoms. The molecule has 18 heavy (non-hydrogen) atoms. The van der Waals surface area contributed by atoms with Gasteiger partial charge in [0.1, 0.15) is 5.76 Å². The Labute approximate surface area is 108 Å². The van der Waals surface area contributed by atoms with Crippen LogP contribution in [-0.4, -0.2) is 9.55 Å². The molecule has 0 amide bonds. The molecule has 0 aliphatic heterocycles. The van der Waals surface area contributed by atoms with Crippen LogP contribution in [-0.2, 0) is 13.0 Å². The third-order valence-electron chi connectivity index (χ3n) is 3.03. The standard InChI is InChI=1S/C14H21N3O/c1-11(2)8-13(15)14-9-16-10-17(14)6-5-12-4-3-7-18-12/h3-4,7,9-11,13H,5-6,8,15H2,1-2H3. The number of hydrogen-bond acceptors (Lipinski definition) is 3. The van der Waals surface area contributed by atoms with Crippen molar-refractivity contribution in [2.45, 2.75) is 39.3 Å². The SMILES string of the molecule is CC(C)CC(N)c1cncn1CCc1ccco1. The van der Waals surface area contributed by atoms with Crippen LogP contribution in [0.25, 0.3) is 0 Å². The molecule has 2 aromatic rings. The van der Waals surface area contributed by atoms with Gasteiger partial charge in [0.2, 0.25) is 0 Å². The van der Waals surface area contributed by atoms with Gasteiger partial charge >= 0.3 is 0 Å². The maximum Gasteiger partial charge on any atom is 0.105 e. The van der Waals surface area contributed by atoms with Gasteiger partial charge in [-0.2, -0.15) is 0 Å². The summed E-state index contributed by atoms with van der Waals surface area (Å²) in [5.41, 5.74) is 7.31. The lowest BCUT2D eigenvalue weighted by Gasteiger charge is -2.16. The van der Waals surface area contributed by atoms with Crippen molar-refractivity contribution in [3.8, 4) is 0 Å². The van der Waals surface area contributed by atoms with E-state index in [-0.39, 0.29) is 6.04 Å². The normalized spacial score (nSPS) is 13.1. The highest BCUT2D eigenvalue weighted by Crippen LogP contribution is 2.18. The van der Waals surface area contributed by atoms with E-state index in [2.05, 4.69) is 23.4 Å². The minimum atomic E-state index is 0.0594. The summed E-state index contributed by atoms with van der Waals surface area (Å²) in [6, 6.07) is 3.96. The number of nitrogens with two attached hydrogens (primary N) is 1. The molecular formula is C14H21N3O. The van der Waals surface area contributed by atoms with Gasteiger partial charge in [0.15, 0.2) is 0 Å². The van der Waals surface area contributed by atoms with Crippen LogP contribution < -0.4 is 5.73 Å². The molecule has 0 saturated heterocycles. The zero-order valence-corrected chi connectivity index (χ0v) is 11.0. The summed E-state index contributed by atoms with van der Waals surface area (Å²) in [6.45, 7) is 5.22. The number of aryl methyl sites for hydroxylation is 2. The first-order valence-corrected chi connectivity index (χ1v) is 6.45. The lowest BCUT2D eigenvalue weighted by molar-refractivity contribution is 0.464. The van der Waals surface area contributed by atoms with Crippen molar-refractivity contribution in [3.05, 3.63) is 42.4 Å². The Morgan fingerprint density at radius 3 is 2.94 bits per heavy atom. The first-order chi connectivity index (χ1) is 8.66. The van der Waals surface area contributed by atoms with Crippen LogP contribution in [0.15, 0.2) is 35.3 Å². The summed E-state index contributed by atoms with van der Waals surface area (Å²) < 4.78 is 7.45. The van der Waals surface area contributed by atoms with Crippen molar-refractivity contribution in [1.29, 1.82) is 0 Å². The minimum absolute atomic E-state index is 0.0594. The Morgan fingerprint density at radius 2 is 2.28 bits per heavy atom. The van der Waals surface area contributed by atoms with Crippen LogP contribution in [0.2, 0.25) is 0 Å². The predicted molar refractivity (Wildman–Crippen MR) is 71.0 cm³/mol. The molecule has 98 valence electrons. The van der Waals surface area contributed by atoms with Crippen LogP contribution in [0.3, 0.4) is 0 Å². The Bertz CT molecular complexity index is 459. The third kappa shape index (κ3) is 3.23. The second-order valence-corrected chi connectivity index (χ2v) is 5.08. The van der Waals surface area contributed by atoms with Gasteiger partial charge in [-0.25, -0.2) is 4.98 Å². The highest BCUT2D eigenvalue weighted by Gasteiger charge is 2.13. The molecule has 2 aromatic heterocycles. The van der Waals surface area contributed by atoms with Crippen LogP contribution in [0.4, 0.5) is 0 Å². The fourth-order valence-corrected chi connectivity index (χ4v) is 2.14. The number of rotatable bonds is 6. The maximum atomic E-state index is 6.21. The molecular weight excluding hydrogens is 226 g/mol. The summed E-state index contributed by atoms with van der Waals surface area (Å²) >= 11 is 0. The average Bonchev–Trinajstić information content (AvgIpc) is 2.96. The largest absolute Gasteiger partial charge is 0.469 e. The van der Waals surface area contributed by atoms with Crippen molar-refractivity contribution in [3.63, 3.8) is 0 Å². The summed E-state index contributed by atoms with van der Waals surface area (Å²) in [7, 11) is 0. The van der Waals surface area contributed by atoms with E-state index >= 15 is 0 Å². The molecule has 0 aliphatic rings. The quantitative estimate of drug-likeness (QED) is 0.854. The van der Waals surface area contributed by atoms with E-state index in [1.807, 2.05) is 24.7 Å². The van der Waals surface area contributed by atoms with E-state index in [4.69, 9.17) is 10.2 Å². The Balaban J connectivity index is 1.99. The van der Waals surface area contributed by atoms with E-state index in [0.717, 1.165) is 30.8 Å². The first-order valence-electron chi connectivity index (χ1n) is 6.45. The second kappa shape index (κ2) is 5.87. The summed E-state index contributed by atoms with van der Waals surface area (Å²) in [4.78, 5) is 4.20. The fraction of sp³-hybridized carbons (Fsp3) is 0.500. The van der Waals surface area contributed by atoms with Gasteiger partial charge in [0, 0.05) is 25.2 Å². The molecule has 0 bridgehead atoms. The molecule has 1 atom stereocenters. The van der Waals surface area contributed by atoms with Crippen molar-refractivity contribution >= 4 is 0 Å². The van der Waals surface area contributed by atoms with Gasteiger partial charge in [-0.3, -0.25) is 0 Å². The Morgan fingerprint density at radius 1 is 1.44 bits per heavy atom. The first kappa shape index (κ1) is 12.9. The summed E-state index contributed by atoms with van der Waals surface area (Å²) in [6.07, 6.45) is 7.26. The van der Waals surface area contributed by atoms with Crippen molar-refractivity contribution in [2.75, 3.05) is 0 Å². The lowest BCUT2D eigenvalue weighted by atomic mass is 10.0. The number of aromatic nitrogens is 2. The fourth-order valence-electron chi connectivity index (χ4n) is 2.14. The predicted octanol–water partition coefficient (Wildman–Crippen LogP) is 2.76. The lowest BCUT2D eigenvalue weighted by Crippen LogP contribution is -2.17. The molecule has 0 aliphatic carbocycles. The molecule has 2 heterocycles. The van der Waals surface area contributed by atoms with Crippen molar-refractivity contribution in [1.82, 2.24) is 9.55 Å². The van der Waals surface area contributed by atoms with Crippen LogP contribution >= 0.6 is 0 Å². The summed E-state index contributed by atoms with van der Waals surface area (Å²) in [5, 5.41) is 0. The smallest absolute Gasteiger partial charge is 0.105 e. The molecule has 4 heteroatoms. The van der Waals surface area contributed by atoms with Crippen LogP contribution in [0.1, 0.15) is 37.8 Å². The van der Waals surface area contributed by atoms with E-state index in [9.17, 15) is 0 Å². The van der Waals surface area contributed by atoms with Crippen LogP contribution in [0, 0.1) is 5.92 Å². The van der Waals surface area contributed by atoms with Gasteiger partial charge in [-0.1, -0.05) is 13.8 Å². The highest BCUT2D eigenvalue weighted by molar-refractivity contribution is 5.06. The zero-order chi connectivity index (χ0) is 13.0. The molecule has 0 fully saturated rings. The van der Waals surface area contributed by atoms with E-state index in [0.29, 0.717) is 5.92 Å². The van der Waals surface area contributed by atoms with E-state index < -0.39 is 0 Å². The van der Waals surface area contributed by atoms with E-state index in [1.165, 1.54) is 0 Å². The molecule has 2 rings (SSSR count). The molecule has 0 aromatic carbocycles. The molecule has 0 saturated carbocycles. The monoisotopic (exact) mass is 247 g/mol. The highest BCUT2D eigenvalue weighted by atomic mass is 16.3. The molecule has 0 radical (unpaired) electrons.